The van der Waals surface area contributed by atoms with Crippen LogP contribution in [0.1, 0.15) is 31.7 Å². The molecule has 3 nitrogen and oxygen atoms in total. The lowest BCUT2D eigenvalue weighted by molar-refractivity contribution is 0.504. The van der Waals surface area contributed by atoms with Crippen LogP contribution in [0.3, 0.4) is 0 Å². The molecule has 0 aliphatic carbocycles. The number of para-hydroxylation sites is 1. The number of nitrogens with one attached hydrogen (secondary N) is 1. The van der Waals surface area contributed by atoms with Crippen molar-refractivity contribution in [3.05, 3.63) is 59.7 Å². The third kappa shape index (κ3) is 3.44. The monoisotopic (exact) mass is 325 g/mol. The van der Waals surface area contributed by atoms with Gasteiger partial charge in [-0.1, -0.05) is 32.0 Å². The predicted octanol–water partition coefficient (Wildman–Crippen LogP) is 4.28. The minimum atomic E-state index is -3.97. The second kappa shape index (κ2) is 6.44. The average Bonchev–Trinajstić information content (AvgIpc) is 2.49. The molecule has 0 aliphatic heterocycles. The molecular formula is C16H17F2NO2S. The van der Waals surface area contributed by atoms with Gasteiger partial charge < -0.3 is 0 Å². The van der Waals surface area contributed by atoms with Crippen molar-refractivity contribution in [1.82, 2.24) is 0 Å². The van der Waals surface area contributed by atoms with Crippen molar-refractivity contribution in [2.24, 2.45) is 0 Å². The van der Waals surface area contributed by atoms with Crippen LogP contribution >= 0.6 is 0 Å². The van der Waals surface area contributed by atoms with Gasteiger partial charge in [-0.15, -0.1) is 0 Å². The van der Waals surface area contributed by atoms with Gasteiger partial charge in [-0.2, -0.15) is 0 Å². The fourth-order valence-electron chi connectivity index (χ4n) is 2.09. The van der Waals surface area contributed by atoms with Crippen molar-refractivity contribution < 1.29 is 17.2 Å². The second-order valence-corrected chi connectivity index (χ2v) is 6.76. The Morgan fingerprint density at radius 3 is 2.41 bits per heavy atom. The van der Waals surface area contributed by atoms with Gasteiger partial charge in [0.15, 0.2) is 11.6 Å². The van der Waals surface area contributed by atoms with Gasteiger partial charge in [-0.3, -0.25) is 4.72 Å². The van der Waals surface area contributed by atoms with E-state index in [-0.39, 0.29) is 10.8 Å². The van der Waals surface area contributed by atoms with Gasteiger partial charge in [0.2, 0.25) is 0 Å². The topological polar surface area (TPSA) is 46.2 Å². The fourth-order valence-corrected chi connectivity index (χ4v) is 3.19. The van der Waals surface area contributed by atoms with Crippen molar-refractivity contribution in [1.29, 1.82) is 0 Å². The molecule has 0 aromatic heterocycles. The van der Waals surface area contributed by atoms with Crippen molar-refractivity contribution in [3.63, 3.8) is 0 Å². The van der Waals surface area contributed by atoms with Crippen LogP contribution in [0, 0.1) is 11.6 Å². The summed E-state index contributed by atoms with van der Waals surface area (Å²) >= 11 is 0. The summed E-state index contributed by atoms with van der Waals surface area (Å²) in [6.07, 6.45) is 0.851. The van der Waals surface area contributed by atoms with Gasteiger partial charge >= 0.3 is 0 Å². The van der Waals surface area contributed by atoms with E-state index in [0.717, 1.165) is 24.1 Å². The van der Waals surface area contributed by atoms with Gasteiger partial charge in [0, 0.05) is 0 Å². The lowest BCUT2D eigenvalue weighted by Gasteiger charge is -2.16. The van der Waals surface area contributed by atoms with Gasteiger partial charge in [0.05, 0.1) is 10.6 Å². The van der Waals surface area contributed by atoms with Crippen LogP contribution in [0.2, 0.25) is 0 Å². The molecule has 1 unspecified atom stereocenters. The first-order valence-electron chi connectivity index (χ1n) is 6.92. The standard InChI is InChI=1S/C16H17F2NO2S/c1-3-11(2)13-6-4-5-7-16(13)19-22(20,21)12-8-9-14(17)15(18)10-12/h4-11,19H,3H2,1-2H3. The summed E-state index contributed by atoms with van der Waals surface area (Å²) in [6, 6.07) is 9.54. The van der Waals surface area contributed by atoms with Crippen LogP contribution in [0.5, 0.6) is 0 Å². The molecule has 6 heteroatoms. The average molecular weight is 325 g/mol. The molecule has 2 rings (SSSR count). The zero-order chi connectivity index (χ0) is 16.3. The van der Waals surface area contributed by atoms with E-state index < -0.39 is 21.7 Å². The van der Waals surface area contributed by atoms with Gasteiger partial charge in [-0.05, 0) is 42.2 Å². The smallest absolute Gasteiger partial charge is 0.262 e. The minimum absolute atomic E-state index is 0.170. The van der Waals surface area contributed by atoms with E-state index in [0.29, 0.717) is 11.8 Å². The van der Waals surface area contributed by atoms with Crippen LogP contribution in [-0.2, 0) is 10.0 Å². The highest BCUT2D eigenvalue weighted by molar-refractivity contribution is 7.92. The third-order valence-electron chi connectivity index (χ3n) is 3.55. The van der Waals surface area contributed by atoms with Gasteiger partial charge in [0.1, 0.15) is 0 Å². The summed E-state index contributed by atoms with van der Waals surface area (Å²) in [5.41, 5.74) is 1.30. The molecule has 0 fully saturated rings. The number of halogens is 2. The predicted molar refractivity (Wildman–Crippen MR) is 82.3 cm³/mol. The maximum atomic E-state index is 13.2. The quantitative estimate of drug-likeness (QED) is 0.892. The van der Waals surface area contributed by atoms with Crippen molar-refractivity contribution in [3.8, 4) is 0 Å². The zero-order valence-electron chi connectivity index (χ0n) is 12.3. The zero-order valence-corrected chi connectivity index (χ0v) is 13.1. The normalized spacial score (nSPS) is 12.9. The van der Waals surface area contributed by atoms with Crippen LogP contribution in [0.25, 0.3) is 0 Å². The van der Waals surface area contributed by atoms with Crippen LogP contribution in [0.4, 0.5) is 14.5 Å². The number of hydrogen-bond acceptors (Lipinski definition) is 2. The highest BCUT2D eigenvalue weighted by atomic mass is 32.2. The Morgan fingerprint density at radius 1 is 1.09 bits per heavy atom. The molecule has 22 heavy (non-hydrogen) atoms. The fraction of sp³-hybridized carbons (Fsp3) is 0.250. The molecule has 1 N–H and O–H groups in total. The number of sulfonamides is 1. The summed E-state index contributed by atoms with van der Waals surface area (Å²) in [7, 11) is -3.97. The van der Waals surface area contributed by atoms with Crippen molar-refractivity contribution >= 4 is 15.7 Å². The first-order chi connectivity index (χ1) is 10.3. The molecule has 2 aromatic carbocycles. The molecule has 0 spiro atoms. The summed E-state index contributed by atoms with van der Waals surface area (Å²) < 4.78 is 53.3. The molecule has 0 amide bonds. The Balaban J connectivity index is 2.39. The van der Waals surface area contributed by atoms with E-state index in [1.165, 1.54) is 0 Å². The summed E-state index contributed by atoms with van der Waals surface area (Å²) in [5.74, 6) is -2.11. The first kappa shape index (κ1) is 16.4. The summed E-state index contributed by atoms with van der Waals surface area (Å²) in [6.45, 7) is 4.00. The largest absolute Gasteiger partial charge is 0.279 e. The molecule has 0 saturated heterocycles. The minimum Gasteiger partial charge on any atom is -0.279 e. The molecule has 2 aromatic rings. The molecule has 0 bridgehead atoms. The second-order valence-electron chi connectivity index (χ2n) is 5.08. The van der Waals surface area contributed by atoms with E-state index in [1.54, 1.807) is 12.1 Å². The van der Waals surface area contributed by atoms with Crippen LogP contribution < -0.4 is 4.72 Å². The lowest BCUT2D eigenvalue weighted by Crippen LogP contribution is -2.15. The van der Waals surface area contributed by atoms with E-state index >= 15 is 0 Å². The van der Waals surface area contributed by atoms with Crippen molar-refractivity contribution in [2.75, 3.05) is 4.72 Å². The highest BCUT2D eigenvalue weighted by Gasteiger charge is 2.19. The highest BCUT2D eigenvalue weighted by Crippen LogP contribution is 2.28. The Bertz CT molecular complexity index is 775. The third-order valence-corrected chi connectivity index (χ3v) is 4.91. The maximum absolute atomic E-state index is 13.2. The number of rotatable bonds is 5. The maximum Gasteiger partial charge on any atom is 0.262 e. The Morgan fingerprint density at radius 2 is 1.77 bits per heavy atom. The number of anilines is 1. The lowest BCUT2D eigenvalue weighted by atomic mass is 9.97. The Hall–Kier alpha value is -1.95. The van der Waals surface area contributed by atoms with Crippen molar-refractivity contribution in [2.45, 2.75) is 31.1 Å². The molecule has 0 radical (unpaired) electrons. The summed E-state index contributed by atoms with van der Waals surface area (Å²) in [5, 5.41) is 0. The van der Waals surface area contributed by atoms with E-state index in [9.17, 15) is 17.2 Å². The molecule has 0 saturated carbocycles. The Kier molecular flexibility index (Phi) is 4.81. The molecular weight excluding hydrogens is 308 g/mol. The van der Waals surface area contributed by atoms with E-state index in [4.69, 9.17) is 0 Å². The van der Waals surface area contributed by atoms with Crippen LogP contribution in [-0.4, -0.2) is 8.42 Å². The molecule has 0 heterocycles. The molecule has 1 atom stereocenters. The van der Waals surface area contributed by atoms with Gasteiger partial charge in [0.25, 0.3) is 10.0 Å². The number of hydrogen-bond donors (Lipinski definition) is 1. The Labute approximate surface area is 129 Å². The molecule has 0 aliphatic rings. The summed E-state index contributed by atoms with van der Waals surface area (Å²) in [4.78, 5) is -0.314. The van der Waals surface area contributed by atoms with Gasteiger partial charge in [-0.25, -0.2) is 17.2 Å². The molecule has 118 valence electrons. The van der Waals surface area contributed by atoms with E-state index in [1.807, 2.05) is 26.0 Å². The van der Waals surface area contributed by atoms with E-state index in [2.05, 4.69) is 4.72 Å². The number of benzene rings is 2. The SMILES string of the molecule is CCC(C)c1ccccc1NS(=O)(=O)c1ccc(F)c(F)c1. The van der Waals surface area contributed by atoms with Crippen LogP contribution in [0.15, 0.2) is 47.4 Å². The first-order valence-corrected chi connectivity index (χ1v) is 8.40.